The van der Waals surface area contributed by atoms with E-state index in [9.17, 15) is 33.0 Å². The third kappa shape index (κ3) is 4.46. The Morgan fingerprint density at radius 1 is 1.26 bits per heavy atom. The number of pyridine rings is 1. The molecule has 0 unspecified atom stereocenters. The molecule has 190 valence electrons. The molecule has 0 aromatic carbocycles. The summed E-state index contributed by atoms with van der Waals surface area (Å²) in [6.45, 7) is 1.79. The van der Waals surface area contributed by atoms with E-state index in [0.29, 0.717) is 11.2 Å². The van der Waals surface area contributed by atoms with E-state index in [1.54, 1.807) is 6.07 Å². The lowest BCUT2D eigenvalue weighted by molar-refractivity contribution is -0.0375. The minimum absolute atomic E-state index is 0.132. The first-order valence-corrected chi connectivity index (χ1v) is 14.3. The van der Waals surface area contributed by atoms with Gasteiger partial charge in [-0.15, -0.1) is 5.10 Å². The summed E-state index contributed by atoms with van der Waals surface area (Å²) in [6.07, 6.45) is -1.93. The maximum atomic E-state index is 12.7. The number of nitrogens with one attached hydrogen (secondary N) is 1. The number of ether oxygens (including phenoxy) is 1. The molecule has 1 aliphatic heterocycles. The van der Waals surface area contributed by atoms with E-state index >= 15 is 0 Å². The molecule has 4 rings (SSSR count). The molecule has 0 amide bonds. The number of fused-ring (bicyclic) bond motifs is 1. The zero-order chi connectivity index (χ0) is 25.1. The summed E-state index contributed by atoms with van der Waals surface area (Å²) in [5.41, 5.74) is 1.12. The Kier molecular flexibility index (Phi) is 6.75. The second-order valence-corrected chi connectivity index (χ2v) is 14.6. The number of aromatic nitrogens is 4. The van der Waals surface area contributed by atoms with Crippen LogP contribution < -0.4 is 5.32 Å². The molecule has 2 aliphatic rings. The number of anilines is 1. The van der Waals surface area contributed by atoms with E-state index in [0.717, 1.165) is 44.2 Å². The Morgan fingerprint density at radius 2 is 1.91 bits per heavy atom. The van der Waals surface area contributed by atoms with Crippen LogP contribution in [0.2, 0.25) is 5.15 Å². The number of halogens is 1. The molecular weight excluding hydrogens is 513 g/mol. The lowest BCUT2D eigenvalue weighted by Crippen LogP contribution is -2.41. The van der Waals surface area contributed by atoms with Crippen molar-refractivity contribution in [3.63, 3.8) is 0 Å². The SMILES string of the molecule is CC(C)(P(=O)(O)O)S(=O)(=O)C[C@H]1O[C@@H](n2nnc3c(NC4CCCC4)cc(Cl)nc32)[C@H](O)[C@@H]1O. The average molecular weight is 540 g/mol. The molecule has 0 radical (unpaired) electrons. The normalized spacial score (nSPS) is 27.0. The van der Waals surface area contributed by atoms with E-state index < -0.39 is 52.2 Å². The number of rotatable bonds is 7. The summed E-state index contributed by atoms with van der Waals surface area (Å²) < 4.78 is 41.5. The largest absolute Gasteiger partial charge is 0.387 e. The summed E-state index contributed by atoms with van der Waals surface area (Å²) in [5, 5.41) is 32.7. The quantitative estimate of drug-likeness (QED) is 0.245. The van der Waals surface area contributed by atoms with Crippen molar-refractivity contribution < 1.29 is 37.7 Å². The first-order valence-electron chi connectivity index (χ1n) is 10.7. The zero-order valence-electron chi connectivity index (χ0n) is 18.4. The minimum Gasteiger partial charge on any atom is -0.387 e. The molecule has 16 heteroatoms. The number of aliphatic hydroxyl groups is 2. The Balaban J connectivity index is 1.62. The van der Waals surface area contributed by atoms with Gasteiger partial charge in [-0.2, -0.15) is 4.68 Å². The van der Waals surface area contributed by atoms with Gasteiger partial charge in [0.2, 0.25) is 0 Å². The van der Waals surface area contributed by atoms with Gasteiger partial charge in [-0.3, -0.25) is 4.57 Å². The summed E-state index contributed by atoms with van der Waals surface area (Å²) in [5.74, 6) is -0.935. The summed E-state index contributed by atoms with van der Waals surface area (Å²) in [4.78, 5) is 23.2. The van der Waals surface area contributed by atoms with Gasteiger partial charge in [-0.25, -0.2) is 13.4 Å². The van der Waals surface area contributed by atoms with Crippen molar-refractivity contribution >= 4 is 45.9 Å². The molecule has 2 fully saturated rings. The molecule has 1 saturated heterocycles. The van der Waals surface area contributed by atoms with Crippen LogP contribution in [0.1, 0.15) is 45.8 Å². The van der Waals surface area contributed by atoms with Crippen molar-refractivity contribution in [1.82, 2.24) is 20.0 Å². The summed E-state index contributed by atoms with van der Waals surface area (Å²) in [6, 6.07) is 1.86. The van der Waals surface area contributed by atoms with Crippen LogP contribution in [-0.4, -0.2) is 83.0 Å². The van der Waals surface area contributed by atoms with Crippen molar-refractivity contribution in [3.05, 3.63) is 11.2 Å². The van der Waals surface area contributed by atoms with Crippen molar-refractivity contribution in [2.75, 3.05) is 11.1 Å². The van der Waals surface area contributed by atoms with Gasteiger partial charge in [0, 0.05) is 12.1 Å². The molecule has 3 heterocycles. The third-order valence-corrected chi connectivity index (χ3v) is 12.0. The number of nitrogens with zero attached hydrogens (tertiary/aromatic N) is 4. The van der Waals surface area contributed by atoms with Gasteiger partial charge in [-0.05, 0) is 26.7 Å². The van der Waals surface area contributed by atoms with Crippen LogP contribution in [0, 0.1) is 0 Å². The topological polar surface area (TPSA) is 197 Å². The van der Waals surface area contributed by atoms with E-state index in [1.165, 1.54) is 0 Å². The van der Waals surface area contributed by atoms with Crippen LogP contribution in [0.25, 0.3) is 11.2 Å². The Morgan fingerprint density at radius 3 is 2.53 bits per heavy atom. The van der Waals surface area contributed by atoms with Crippen molar-refractivity contribution in [1.29, 1.82) is 0 Å². The fourth-order valence-electron chi connectivity index (χ4n) is 4.13. The van der Waals surface area contributed by atoms with Gasteiger partial charge in [0.1, 0.15) is 23.5 Å². The number of hydrogen-bond donors (Lipinski definition) is 5. The average Bonchev–Trinajstić information content (AvgIpc) is 3.43. The Labute approximate surface area is 200 Å². The fraction of sp³-hybridized carbons (Fsp3) is 0.722. The molecule has 5 N–H and O–H groups in total. The minimum atomic E-state index is -5.05. The number of sulfone groups is 1. The van der Waals surface area contributed by atoms with Gasteiger partial charge in [-0.1, -0.05) is 29.7 Å². The third-order valence-electron chi connectivity index (χ3n) is 6.54. The number of aliphatic hydroxyl groups excluding tert-OH is 2. The highest BCUT2D eigenvalue weighted by Gasteiger charge is 2.54. The summed E-state index contributed by atoms with van der Waals surface area (Å²) in [7, 11) is -9.52. The molecule has 4 atom stereocenters. The van der Waals surface area contributed by atoms with E-state index in [-0.39, 0.29) is 16.8 Å². The molecular formula is C18H27ClN5O8PS. The molecule has 2 aromatic heterocycles. The smallest absolute Gasteiger partial charge is 0.346 e. The van der Waals surface area contributed by atoms with Crippen LogP contribution in [-0.2, 0) is 19.1 Å². The first kappa shape index (κ1) is 25.7. The first-order chi connectivity index (χ1) is 15.7. The van der Waals surface area contributed by atoms with Crippen molar-refractivity contribution in [3.8, 4) is 0 Å². The highest BCUT2D eigenvalue weighted by Crippen LogP contribution is 2.54. The molecule has 13 nitrogen and oxygen atoms in total. The van der Waals surface area contributed by atoms with Gasteiger partial charge >= 0.3 is 7.60 Å². The lowest BCUT2D eigenvalue weighted by Gasteiger charge is -2.27. The molecule has 0 bridgehead atoms. The highest BCUT2D eigenvalue weighted by molar-refractivity contribution is 7.99. The second kappa shape index (κ2) is 8.93. The van der Waals surface area contributed by atoms with E-state index in [2.05, 4.69) is 20.6 Å². The number of hydrogen-bond acceptors (Lipinski definition) is 10. The Hall–Kier alpha value is -1.38. The standard InChI is InChI=1S/C18H27ClN5O8PS/c1-18(2,33(27,28)29)34(30,31)8-11-14(25)15(26)17(32-11)24-16-13(22-23-24)10(7-12(19)21-16)20-9-5-3-4-6-9/h7,9,11,14-15,17,25-26H,3-6,8H2,1-2H3,(H,20,21)(H2,27,28,29)/t11-,14-,15-,17-/m1/s1. The maximum absolute atomic E-state index is 12.7. The Bertz CT molecular complexity index is 1230. The van der Waals surface area contributed by atoms with Crippen LogP contribution >= 0.6 is 19.2 Å². The van der Waals surface area contributed by atoms with Crippen molar-refractivity contribution in [2.24, 2.45) is 0 Å². The van der Waals surface area contributed by atoms with Crippen LogP contribution in [0.15, 0.2) is 6.07 Å². The van der Waals surface area contributed by atoms with Crippen LogP contribution in [0.5, 0.6) is 0 Å². The van der Waals surface area contributed by atoms with Crippen molar-refractivity contribution in [2.45, 2.75) is 74.6 Å². The highest BCUT2D eigenvalue weighted by atomic mass is 35.5. The molecule has 0 spiro atoms. The lowest BCUT2D eigenvalue weighted by atomic mass is 10.1. The second-order valence-electron chi connectivity index (χ2n) is 9.14. The monoisotopic (exact) mass is 539 g/mol. The predicted octanol–water partition coefficient (Wildman–Crippen LogP) is 0.782. The fourth-order valence-corrected chi connectivity index (χ4v) is 7.11. The van der Waals surface area contributed by atoms with Gasteiger partial charge in [0.15, 0.2) is 31.7 Å². The van der Waals surface area contributed by atoms with Gasteiger partial charge < -0.3 is 30.1 Å². The molecule has 1 aliphatic carbocycles. The van der Waals surface area contributed by atoms with Crippen LogP contribution in [0.4, 0.5) is 5.69 Å². The summed E-state index contributed by atoms with van der Waals surface area (Å²) >= 11 is 6.19. The van der Waals surface area contributed by atoms with Gasteiger partial charge in [0.05, 0.1) is 11.4 Å². The predicted molar refractivity (Wildman–Crippen MR) is 122 cm³/mol. The molecule has 2 aromatic rings. The molecule has 34 heavy (non-hydrogen) atoms. The van der Waals surface area contributed by atoms with Gasteiger partial charge in [0.25, 0.3) is 0 Å². The van der Waals surface area contributed by atoms with Crippen LogP contribution in [0.3, 0.4) is 0 Å². The molecule has 1 saturated carbocycles. The zero-order valence-corrected chi connectivity index (χ0v) is 20.9. The van der Waals surface area contributed by atoms with E-state index in [1.807, 2.05) is 0 Å². The maximum Gasteiger partial charge on any atom is 0.346 e. The van der Waals surface area contributed by atoms with E-state index in [4.69, 9.17) is 16.3 Å².